The number of carbonyl (C=O) groups excluding carboxylic acids is 1. The summed E-state index contributed by atoms with van der Waals surface area (Å²) in [6.45, 7) is 1.62. The molecular weight excluding hydrogens is 195 g/mol. The molecule has 0 aromatic heterocycles. The second-order valence-corrected chi connectivity index (χ2v) is 3.89. The van der Waals surface area contributed by atoms with Gasteiger partial charge in [0.1, 0.15) is 11.6 Å². The van der Waals surface area contributed by atoms with Crippen molar-refractivity contribution in [1.82, 2.24) is 0 Å². The minimum absolute atomic E-state index is 0.0484. The summed E-state index contributed by atoms with van der Waals surface area (Å²) in [7, 11) is 1.49. The SMILES string of the molecule is COc1ccc(C(=O)C2CC2)c(F)c1C. The van der Waals surface area contributed by atoms with Crippen LogP contribution in [0.15, 0.2) is 12.1 Å². The van der Waals surface area contributed by atoms with Crippen LogP contribution in [-0.2, 0) is 0 Å². The highest BCUT2D eigenvalue weighted by Crippen LogP contribution is 2.34. The molecule has 0 heterocycles. The molecular formula is C12H13FO2. The van der Waals surface area contributed by atoms with Gasteiger partial charge >= 0.3 is 0 Å². The van der Waals surface area contributed by atoms with Gasteiger partial charge in [0, 0.05) is 11.5 Å². The maximum absolute atomic E-state index is 13.8. The lowest BCUT2D eigenvalue weighted by atomic mass is 10.0. The zero-order valence-electron chi connectivity index (χ0n) is 8.84. The summed E-state index contributed by atoms with van der Waals surface area (Å²) in [4.78, 5) is 11.7. The molecule has 0 saturated heterocycles. The van der Waals surface area contributed by atoms with E-state index < -0.39 is 5.82 Å². The highest BCUT2D eigenvalue weighted by molar-refractivity contribution is 5.99. The predicted molar refractivity (Wildman–Crippen MR) is 54.7 cm³/mol. The van der Waals surface area contributed by atoms with Crippen LogP contribution in [0.3, 0.4) is 0 Å². The number of Topliss-reactive ketones (excluding diaryl/α,β-unsaturated/α-hetero) is 1. The van der Waals surface area contributed by atoms with Crippen molar-refractivity contribution in [3.8, 4) is 5.75 Å². The van der Waals surface area contributed by atoms with Crippen LogP contribution < -0.4 is 4.74 Å². The van der Waals surface area contributed by atoms with Crippen LogP contribution in [0.1, 0.15) is 28.8 Å². The molecule has 0 N–H and O–H groups in total. The number of benzene rings is 1. The standard InChI is InChI=1S/C12H13FO2/c1-7-10(15-2)6-5-9(11(7)13)12(14)8-3-4-8/h5-6,8H,3-4H2,1-2H3. The van der Waals surface area contributed by atoms with Crippen LogP contribution in [0, 0.1) is 18.7 Å². The molecule has 1 aromatic carbocycles. The number of halogens is 1. The number of rotatable bonds is 3. The Morgan fingerprint density at radius 2 is 2.13 bits per heavy atom. The van der Waals surface area contributed by atoms with Gasteiger partial charge in [0.25, 0.3) is 0 Å². The smallest absolute Gasteiger partial charge is 0.168 e. The first kappa shape index (κ1) is 10.1. The number of methoxy groups -OCH3 is 1. The number of carbonyl (C=O) groups is 1. The van der Waals surface area contributed by atoms with Gasteiger partial charge in [0.15, 0.2) is 5.78 Å². The minimum Gasteiger partial charge on any atom is -0.496 e. The van der Waals surface area contributed by atoms with E-state index >= 15 is 0 Å². The number of ether oxygens (including phenoxy) is 1. The minimum atomic E-state index is -0.439. The highest BCUT2D eigenvalue weighted by Gasteiger charge is 2.32. The molecule has 2 nitrogen and oxygen atoms in total. The van der Waals surface area contributed by atoms with Crippen LogP contribution >= 0.6 is 0 Å². The Hall–Kier alpha value is -1.38. The summed E-state index contributed by atoms with van der Waals surface area (Å²) in [6, 6.07) is 3.16. The molecule has 1 aliphatic rings. The molecule has 1 aromatic rings. The van der Waals surface area contributed by atoms with Crippen molar-refractivity contribution in [3.63, 3.8) is 0 Å². The molecule has 1 aliphatic carbocycles. The van der Waals surface area contributed by atoms with E-state index in [9.17, 15) is 9.18 Å². The van der Waals surface area contributed by atoms with Crippen molar-refractivity contribution >= 4 is 5.78 Å². The lowest BCUT2D eigenvalue weighted by molar-refractivity contribution is 0.0963. The van der Waals surface area contributed by atoms with Gasteiger partial charge in [-0.2, -0.15) is 0 Å². The summed E-state index contributed by atoms with van der Waals surface area (Å²) in [6.07, 6.45) is 1.78. The van der Waals surface area contributed by atoms with Gasteiger partial charge in [-0.1, -0.05) is 0 Å². The van der Waals surface area contributed by atoms with E-state index in [-0.39, 0.29) is 17.3 Å². The van der Waals surface area contributed by atoms with Gasteiger partial charge in [-0.25, -0.2) is 4.39 Å². The summed E-state index contributed by atoms with van der Waals surface area (Å²) >= 11 is 0. The molecule has 0 radical (unpaired) electrons. The average molecular weight is 208 g/mol. The quantitative estimate of drug-likeness (QED) is 0.714. The van der Waals surface area contributed by atoms with Crippen molar-refractivity contribution < 1.29 is 13.9 Å². The Kier molecular flexibility index (Phi) is 2.47. The van der Waals surface area contributed by atoms with Crippen molar-refractivity contribution in [2.75, 3.05) is 7.11 Å². The van der Waals surface area contributed by atoms with Crippen LogP contribution in [-0.4, -0.2) is 12.9 Å². The zero-order valence-corrected chi connectivity index (χ0v) is 8.84. The third-order valence-electron chi connectivity index (χ3n) is 2.77. The third kappa shape index (κ3) is 1.74. The van der Waals surface area contributed by atoms with E-state index in [1.165, 1.54) is 13.2 Å². The van der Waals surface area contributed by atoms with Crippen molar-refractivity contribution in [2.45, 2.75) is 19.8 Å². The summed E-state index contributed by atoms with van der Waals surface area (Å²) < 4.78 is 18.8. The summed E-state index contributed by atoms with van der Waals surface area (Å²) in [5.41, 5.74) is 0.611. The normalized spacial score (nSPS) is 15.1. The third-order valence-corrected chi connectivity index (χ3v) is 2.77. The van der Waals surface area contributed by atoms with Crippen LogP contribution in [0.2, 0.25) is 0 Å². The van der Waals surface area contributed by atoms with Crippen LogP contribution in [0.4, 0.5) is 4.39 Å². The summed E-state index contributed by atoms with van der Waals surface area (Å²) in [5.74, 6) is 0.0247. The molecule has 1 saturated carbocycles. The fourth-order valence-corrected chi connectivity index (χ4v) is 1.64. The van der Waals surface area contributed by atoms with Crippen LogP contribution in [0.25, 0.3) is 0 Å². The molecule has 0 aliphatic heterocycles. The largest absolute Gasteiger partial charge is 0.496 e. The molecule has 0 atom stereocenters. The van der Waals surface area contributed by atoms with Gasteiger partial charge in [-0.3, -0.25) is 4.79 Å². The van der Waals surface area contributed by atoms with E-state index in [0.717, 1.165) is 12.8 Å². The Balaban J connectivity index is 2.40. The number of hydrogen-bond acceptors (Lipinski definition) is 2. The first-order valence-electron chi connectivity index (χ1n) is 5.02. The average Bonchev–Trinajstić information content (AvgIpc) is 3.04. The monoisotopic (exact) mass is 208 g/mol. The van der Waals surface area contributed by atoms with E-state index in [1.807, 2.05) is 0 Å². The van der Waals surface area contributed by atoms with Crippen molar-refractivity contribution in [3.05, 3.63) is 29.1 Å². The van der Waals surface area contributed by atoms with Gasteiger partial charge in [0.2, 0.25) is 0 Å². The Morgan fingerprint density at radius 1 is 1.47 bits per heavy atom. The van der Waals surface area contributed by atoms with Crippen LogP contribution in [0.5, 0.6) is 5.75 Å². The van der Waals surface area contributed by atoms with E-state index in [0.29, 0.717) is 11.3 Å². The maximum Gasteiger partial charge on any atom is 0.168 e. The molecule has 2 rings (SSSR count). The fraction of sp³-hybridized carbons (Fsp3) is 0.417. The Bertz CT molecular complexity index is 408. The highest BCUT2D eigenvalue weighted by atomic mass is 19.1. The van der Waals surface area contributed by atoms with Gasteiger partial charge in [-0.15, -0.1) is 0 Å². The topological polar surface area (TPSA) is 26.3 Å². The molecule has 80 valence electrons. The molecule has 3 heteroatoms. The fourth-order valence-electron chi connectivity index (χ4n) is 1.64. The molecule has 0 bridgehead atoms. The predicted octanol–water partition coefficient (Wildman–Crippen LogP) is 2.74. The lowest BCUT2D eigenvalue weighted by Crippen LogP contribution is -2.06. The summed E-state index contributed by atoms with van der Waals surface area (Å²) in [5, 5.41) is 0. The molecule has 0 spiro atoms. The molecule has 15 heavy (non-hydrogen) atoms. The van der Waals surface area contributed by atoms with Gasteiger partial charge in [0.05, 0.1) is 12.7 Å². The molecule has 0 unspecified atom stereocenters. The Labute approximate surface area is 88.1 Å². The first-order valence-corrected chi connectivity index (χ1v) is 5.02. The molecule has 0 amide bonds. The van der Waals surface area contributed by atoms with E-state index in [1.54, 1.807) is 13.0 Å². The number of ketones is 1. The second kappa shape index (κ2) is 3.65. The van der Waals surface area contributed by atoms with Gasteiger partial charge in [-0.05, 0) is 31.9 Å². The number of hydrogen-bond donors (Lipinski definition) is 0. The molecule has 1 fully saturated rings. The van der Waals surface area contributed by atoms with E-state index in [4.69, 9.17) is 4.74 Å². The Morgan fingerprint density at radius 3 is 2.67 bits per heavy atom. The lowest BCUT2D eigenvalue weighted by Gasteiger charge is -2.08. The zero-order chi connectivity index (χ0) is 11.0. The van der Waals surface area contributed by atoms with Gasteiger partial charge < -0.3 is 4.74 Å². The first-order chi connectivity index (χ1) is 7.15. The van der Waals surface area contributed by atoms with E-state index in [2.05, 4.69) is 0 Å². The second-order valence-electron chi connectivity index (χ2n) is 3.89. The maximum atomic E-state index is 13.8. The van der Waals surface area contributed by atoms with Crippen molar-refractivity contribution in [2.24, 2.45) is 5.92 Å². The van der Waals surface area contributed by atoms with Crippen molar-refractivity contribution in [1.29, 1.82) is 0 Å².